The van der Waals surface area contributed by atoms with Crippen LogP contribution in [0, 0.1) is 0 Å². The van der Waals surface area contributed by atoms with Crippen LogP contribution in [0.3, 0.4) is 0 Å². The SMILES string of the molecule is CCCCCCc1ccc2sc(SOC(=O)CCC(=O)OSc3nc4cc(CCCCCC)ccc4s3)nc2c1. The Labute approximate surface area is 253 Å². The maximum Gasteiger partial charge on any atom is 0.318 e. The quantitative estimate of drug-likeness (QED) is 0.0857. The fourth-order valence-electron chi connectivity index (χ4n) is 4.25. The Balaban J connectivity index is 1.16. The number of fused-ring (bicyclic) bond motifs is 2. The van der Waals surface area contributed by atoms with E-state index in [1.54, 1.807) is 0 Å². The number of nitrogens with zero attached hydrogens (tertiary/aromatic N) is 2. The minimum absolute atomic E-state index is 0.0551. The molecule has 2 aromatic heterocycles. The summed E-state index contributed by atoms with van der Waals surface area (Å²) in [6.07, 6.45) is 11.9. The largest absolute Gasteiger partial charge is 0.383 e. The molecule has 2 aromatic carbocycles. The summed E-state index contributed by atoms with van der Waals surface area (Å²) in [5.74, 6) is -0.955. The van der Waals surface area contributed by atoms with Gasteiger partial charge in [-0.05, 0) is 61.1 Å². The molecule has 4 rings (SSSR count). The molecule has 0 spiro atoms. The number of rotatable bonds is 17. The standard InChI is InChI=1S/C30H36N2O4S4/c1-3-5-7-9-11-21-13-15-25-23(19-21)31-29(37-25)39-35-27(33)17-18-28(34)36-40-30-32-24-20-22(12-10-8-6-4-2)14-16-26(24)38-30/h13-16,19-20H,3-12,17-18H2,1-2H3. The molecule has 0 saturated heterocycles. The molecular formula is C30H36N2O4S4. The molecule has 0 fully saturated rings. The third-order valence-electron chi connectivity index (χ3n) is 6.45. The van der Waals surface area contributed by atoms with Gasteiger partial charge in [0.25, 0.3) is 0 Å². The number of aryl methyl sites for hydroxylation is 2. The Morgan fingerprint density at radius 2 is 1.12 bits per heavy atom. The van der Waals surface area contributed by atoms with Crippen molar-refractivity contribution >= 4 is 79.1 Å². The molecule has 2 heterocycles. The van der Waals surface area contributed by atoms with Gasteiger partial charge in [0.2, 0.25) is 0 Å². The number of hydrogen-bond donors (Lipinski definition) is 0. The molecule has 0 radical (unpaired) electrons. The molecule has 0 aliphatic carbocycles. The summed E-state index contributed by atoms with van der Waals surface area (Å²) in [6.45, 7) is 4.43. The lowest BCUT2D eigenvalue weighted by Crippen LogP contribution is -2.05. The monoisotopic (exact) mass is 616 g/mol. The molecule has 0 aliphatic heterocycles. The summed E-state index contributed by atoms with van der Waals surface area (Å²) < 4.78 is 14.0. The van der Waals surface area contributed by atoms with Crippen molar-refractivity contribution in [1.29, 1.82) is 0 Å². The van der Waals surface area contributed by atoms with Crippen LogP contribution >= 0.6 is 46.8 Å². The molecule has 4 aromatic rings. The van der Waals surface area contributed by atoms with Crippen LogP contribution in [-0.2, 0) is 30.8 Å². The van der Waals surface area contributed by atoms with Crippen LogP contribution in [0.1, 0.15) is 89.2 Å². The highest BCUT2D eigenvalue weighted by Crippen LogP contribution is 2.33. The summed E-state index contributed by atoms with van der Waals surface area (Å²) >= 11 is 4.88. The van der Waals surface area contributed by atoms with Crippen molar-refractivity contribution in [1.82, 2.24) is 9.97 Å². The first-order valence-electron chi connectivity index (χ1n) is 14.1. The summed E-state index contributed by atoms with van der Waals surface area (Å²) in [5, 5.41) is 0. The summed E-state index contributed by atoms with van der Waals surface area (Å²) in [7, 11) is 0. The Morgan fingerprint density at radius 3 is 1.55 bits per heavy atom. The van der Waals surface area contributed by atoms with Gasteiger partial charge in [-0.25, -0.2) is 9.97 Å². The summed E-state index contributed by atoms with van der Waals surface area (Å²) in [5.41, 5.74) is 4.42. The summed E-state index contributed by atoms with van der Waals surface area (Å²) in [6, 6.07) is 12.7. The topological polar surface area (TPSA) is 78.4 Å². The molecule has 0 N–H and O–H groups in total. The van der Waals surface area contributed by atoms with E-state index in [9.17, 15) is 9.59 Å². The molecule has 0 amide bonds. The van der Waals surface area contributed by atoms with Gasteiger partial charge in [0, 0.05) is 0 Å². The zero-order valence-corrected chi connectivity index (χ0v) is 26.4. The van der Waals surface area contributed by atoms with Gasteiger partial charge in [0.05, 0.1) is 33.3 Å². The van der Waals surface area contributed by atoms with E-state index in [0.29, 0.717) is 8.68 Å². The van der Waals surface area contributed by atoms with Gasteiger partial charge in [0.1, 0.15) is 24.1 Å². The van der Waals surface area contributed by atoms with Crippen molar-refractivity contribution in [2.24, 2.45) is 0 Å². The Bertz CT molecular complexity index is 1300. The first kappa shape index (κ1) is 30.8. The normalized spacial score (nSPS) is 11.3. The molecule has 0 bridgehead atoms. The van der Waals surface area contributed by atoms with Crippen LogP contribution in [0.4, 0.5) is 0 Å². The van der Waals surface area contributed by atoms with E-state index < -0.39 is 11.9 Å². The van der Waals surface area contributed by atoms with Crippen LogP contribution < -0.4 is 0 Å². The maximum atomic E-state index is 12.2. The smallest absolute Gasteiger partial charge is 0.318 e. The van der Waals surface area contributed by atoms with E-state index in [1.807, 2.05) is 0 Å². The Hall–Kier alpha value is -2.14. The molecular weight excluding hydrogens is 581 g/mol. The second kappa shape index (κ2) is 16.3. The maximum absolute atomic E-state index is 12.2. The number of thiazole rings is 2. The minimum Gasteiger partial charge on any atom is -0.383 e. The molecule has 0 atom stereocenters. The van der Waals surface area contributed by atoms with E-state index in [0.717, 1.165) is 57.4 Å². The minimum atomic E-state index is -0.478. The number of carbonyl (C=O) groups is 2. The lowest BCUT2D eigenvalue weighted by molar-refractivity contribution is -0.139. The van der Waals surface area contributed by atoms with Gasteiger partial charge in [-0.3, -0.25) is 9.59 Å². The third kappa shape index (κ3) is 9.75. The van der Waals surface area contributed by atoms with Gasteiger partial charge in [-0.1, -0.05) is 64.5 Å². The number of benzene rings is 2. The molecule has 0 unspecified atom stereocenters. The van der Waals surface area contributed by atoms with Gasteiger partial charge >= 0.3 is 11.9 Å². The first-order chi connectivity index (χ1) is 19.5. The predicted octanol–water partition coefficient (Wildman–Crippen LogP) is 9.73. The van der Waals surface area contributed by atoms with Gasteiger partial charge < -0.3 is 8.37 Å². The van der Waals surface area contributed by atoms with Gasteiger partial charge in [0.15, 0.2) is 8.68 Å². The fourth-order valence-corrected chi connectivity index (χ4v) is 7.39. The average molecular weight is 617 g/mol. The van der Waals surface area contributed by atoms with Crippen molar-refractivity contribution in [2.45, 2.75) is 99.6 Å². The lowest BCUT2D eigenvalue weighted by atomic mass is 10.1. The molecule has 6 nitrogen and oxygen atoms in total. The molecule has 40 heavy (non-hydrogen) atoms. The highest BCUT2D eigenvalue weighted by molar-refractivity contribution is 7.97. The third-order valence-corrected chi connectivity index (χ3v) is 10.0. The van der Waals surface area contributed by atoms with Gasteiger partial charge in [-0.15, -0.1) is 22.7 Å². The van der Waals surface area contributed by atoms with Crippen molar-refractivity contribution in [2.75, 3.05) is 0 Å². The fraction of sp³-hybridized carbons (Fsp3) is 0.467. The van der Waals surface area contributed by atoms with Crippen LogP contribution in [0.2, 0.25) is 0 Å². The Kier molecular flexibility index (Phi) is 12.6. The lowest BCUT2D eigenvalue weighted by Gasteiger charge is -2.01. The number of aromatic nitrogens is 2. The van der Waals surface area contributed by atoms with Crippen molar-refractivity contribution < 1.29 is 18.0 Å². The zero-order valence-electron chi connectivity index (χ0n) is 23.1. The second-order valence-electron chi connectivity index (χ2n) is 9.76. The van der Waals surface area contributed by atoms with E-state index in [4.69, 9.17) is 8.37 Å². The van der Waals surface area contributed by atoms with E-state index in [2.05, 4.69) is 60.2 Å². The molecule has 0 saturated carbocycles. The number of hydrogen-bond acceptors (Lipinski definition) is 10. The second-order valence-corrected chi connectivity index (χ2v) is 13.8. The highest BCUT2D eigenvalue weighted by Gasteiger charge is 2.15. The Morgan fingerprint density at radius 1 is 0.675 bits per heavy atom. The van der Waals surface area contributed by atoms with E-state index in [1.165, 1.54) is 85.2 Å². The van der Waals surface area contributed by atoms with Crippen LogP contribution in [0.15, 0.2) is 45.1 Å². The van der Waals surface area contributed by atoms with Crippen LogP contribution in [0.5, 0.6) is 0 Å². The number of unbranched alkanes of at least 4 members (excludes halogenated alkanes) is 6. The van der Waals surface area contributed by atoms with E-state index in [-0.39, 0.29) is 12.8 Å². The summed E-state index contributed by atoms with van der Waals surface area (Å²) in [4.78, 5) is 33.6. The number of carbonyl (C=O) groups excluding carboxylic acids is 2. The van der Waals surface area contributed by atoms with Crippen molar-refractivity contribution in [3.05, 3.63) is 47.5 Å². The zero-order chi connectivity index (χ0) is 28.2. The van der Waals surface area contributed by atoms with Gasteiger partial charge in [-0.2, -0.15) is 0 Å². The van der Waals surface area contributed by atoms with E-state index >= 15 is 0 Å². The highest BCUT2D eigenvalue weighted by atomic mass is 32.2. The average Bonchev–Trinajstić information content (AvgIpc) is 3.57. The predicted molar refractivity (Wildman–Crippen MR) is 168 cm³/mol. The van der Waals surface area contributed by atoms with Crippen molar-refractivity contribution in [3.8, 4) is 0 Å². The molecule has 214 valence electrons. The molecule has 10 heteroatoms. The van der Waals surface area contributed by atoms with Crippen molar-refractivity contribution in [3.63, 3.8) is 0 Å². The van der Waals surface area contributed by atoms with Crippen LogP contribution in [-0.4, -0.2) is 21.9 Å². The first-order valence-corrected chi connectivity index (χ1v) is 17.2. The van der Waals surface area contributed by atoms with Crippen LogP contribution in [0.25, 0.3) is 20.4 Å². The molecule has 0 aliphatic rings.